The molecule has 0 aromatic carbocycles. The first kappa shape index (κ1) is 13.6. The van der Waals surface area contributed by atoms with Crippen molar-refractivity contribution in [2.24, 2.45) is 0 Å². The summed E-state index contributed by atoms with van der Waals surface area (Å²) in [4.78, 5) is 2.76. The van der Waals surface area contributed by atoms with Crippen LogP contribution in [0.5, 0.6) is 0 Å². The van der Waals surface area contributed by atoms with Crippen LogP contribution >= 0.6 is 57.5 Å². The Morgan fingerprint density at radius 1 is 0.842 bits per heavy atom. The van der Waals surface area contributed by atoms with E-state index in [0.29, 0.717) is 0 Å². The normalized spacial score (nSPS) is 10.9. The number of rotatable bonds is 6. The molecule has 3 aromatic rings. The maximum absolute atomic E-state index is 4.23. The van der Waals surface area contributed by atoms with Crippen molar-refractivity contribution < 1.29 is 0 Å². The highest BCUT2D eigenvalue weighted by Gasteiger charge is 2.06. The molecule has 7 heteroatoms. The zero-order valence-electron chi connectivity index (χ0n) is 9.81. The summed E-state index contributed by atoms with van der Waals surface area (Å²) in [6, 6.07) is 8.49. The predicted molar refractivity (Wildman–Crippen MR) is 87.7 cm³/mol. The van der Waals surface area contributed by atoms with Crippen LogP contribution < -0.4 is 0 Å². The van der Waals surface area contributed by atoms with Crippen LogP contribution in [-0.2, 0) is 11.5 Å². The van der Waals surface area contributed by atoms with Crippen LogP contribution in [0.15, 0.2) is 43.7 Å². The molecule has 0 bridgehead atoms. The molecule has 0 N–H and O–H groups in total. The molecule has 0 saturated heterocycles. The Morgan fingerprint density at radius 2 is 1.37 bits per heavy atom. The fraction of sp³-hybridized carbons (Fsp3) is 0.167. The largest absolute Gasteiger partial charge is 0.175 e. The van der Waals surface area contributed by atoms with Gasteiger partial charge in [0.1, 0.15) is 0 Å². The van der Waals surface area contributed by atoms with E-state index in [1.165, 1.54) is 9.75 Å². The molecule has 0 aliphatic rings. The molecule has 0 aliphatic heterocycles. The number of hydrogen-bond acceptors (Lipinski definition) is 7. The van der Waals surface area contributed by atoms with Crippen LogP contribution in [0.3, 0.4) is 0 Å². The van der Waals surface area contributed by atoms with E-state index >= 15 is 0 Å². The molecule has 0 atom stereocenters. The highest BCUT2D eigenvalue weighted by atomic mass is 32.2. The lowest BCUT2D eigenvalue weighted by Crippen LogP contribution is -1.75. The van der Waals surface area contributed by atoms with Crippen molar-refractivity contribution in [1.82, 2.24) is 10.2 Å². The third-order valence-electron chi connectivity index (χ3n) is 2.22. The van der Waals surface area contributed by atoms with Crippen molar-refractivity contribution >= 4 is 57.5 Å². The lowest BCUT2D eigenvalue weighted by molar-refractivity contribution is 0.954. The van der Waals surface area contributed by atoms with E-state index in [1.807, 2.05) is 0 Å². The maximum atomic E-state index is 4.23. The first-order valence-corrected chi connectivity index (χ1v) is 10.1. The number of thioether (sulfide) groups is 2. The SMILES string of the molecule is c1csc(CSc2nnc(SCc3cccs3)s2)c1. The van der Waals surface area contributed by atoms with E-state index in [2.05, 4.69) is 45.2 Å². The minimum Gasteiger partial charge on any atom is -0.148 e. The van der Waals surface area contributed by atoms with Gasteiger partial charge < -0.3 is 0 Å². The summed E-state index contributed by atoms with van der Waals surface area (Å²) in [6.07, 6.45) is 0. The molecule has 0 radical (unpaired) electrons. The summed E-state index contributed by atoms with van der Waals surface area (Å²) < 4.78 is 2.11. The van der Waals surface area contributed by atoms with E-state index in [9.17, 15) is 0 Å². The standard InChI is InChI=1S/C12H10N2S5/c1-3-9(15-5-1)7-17-11-13-14-12(19-11)18-8-10-4-2-6-16-10/h1-6H,7-8H2. The average molecular weight is 343 g/mol. The summed E-state index contributed by atoms with van der Waals surface area (Å²) in [5.41, 5.74) is 0. The molecule has 2 nitrogen and oxygen atoms in total. The molecule has 0 amide bonds. The molecule has 0 saturated carbocycles. The molecular weight excluding hydrogens is 332 g/mol. The highest BCUT2D eigenvalue weighted by Crippen LogP contribution is 2.33. The Morgan fingerprint density at radius 3 is 1.79 bits per heavy atom. The Kier molecular flexibility index (Phi) is 4.95. The minimum absolute atomic E-state index is 0.988. The van der Waals surface area contributed by atoms with E-state index in [1.54, 1.807) is 57.5 Å². The highest BCUT2D eigenvalue weighted by molar-refractivity contribution is 8.02. The first-order chi connectivity index (χ1) is 9.40. The van der Waals surface area contributed by atoms with Gasteiger partial charge in [-0.25, -0.2) is 0 Å². The van der Waals surface area contributed by atoms with Gasteiger partial charge in [0, 0.05) is 21.3 Å². The van der Waals surface area contributed by atoms with Crippen molar-refractivity contribution in [3.63, 3.8) is 0 Å². The fourth-order valence-electron chi connectivity index (χ4n) is 1.37. The van der Waals surface area contributed by atoms with Gasteiger partial charge in [0.25, 0.3) is 0 Å². The van der Waals surface area contributed by atoms with Gasteiger partial charge in [-0.05, 0) is 22.9 Å². The molecule has 0 unspecified atom stereocenters. The average Bonchev–Trinajstić information content (AvgIpc) is 3.16. The Labute approximate surface area is 132 Å². The molecule has 0 spiro atoms. The van der Waals surface area contributed by atoms with Crippen LogP contribution in [0.2, 0.25) is 0 Å². The van der Waals surface area contributed by atoms with E-state index in [4.69, 9.17) is 0 Å². The van der Waals surface area contributed by atoms with Crippen molar-refractivity contribution in [2.75, 3.05) is 0 Å². The Hall–Kier alpha value is -0.340. The predicted octanol–water partition coefficient (Wildman–Crippen LogP) is 5.25. The number of hydrogen-bond donors (Lipinski definition) is 0. The van der Waals surface area contributed by atoms with E-state index < -0.39 is 0 Å². The molecule has 3 heterocycles. The van der Waals surface area contributed by atoms with Crippen LogP contribution in [0.1, 0.15) is 9.75 Å². The van der Waals surface area contributed by atoms with Crippen molar-refractivity contribution in [2.45, 2.75) is 20.2 Å². The van der Waals surface area contributed by atoms with Gasteiger partial charge >= 0.3 is 0 Å². The quantitative estimate of drug-likeness (QED) is 0.572. The second-order valence-electron chi connectivity index (χ2n) is 3.57. The van der Waals surface area contributed by atoms with Crippen LogP contribution in [0.4, 0.5) is 0 Å². The Bertz CT molecular complexity index is 547. The molecule has 19 heavy (non-hydrogen) atoms. The molecule has 3 rings (SSSR count). The summed E-state index contributed by atoms with van der Waals surface area (Å²) >= 11 is 8.80. The second kappa shape index (κ2) is 6.90. The summed E-state index contributed by atoms with van der Waals surface area (Å²) in [5.74, 6) is 1.98. The van der Waals surface area contributed by atoms with Gasteiger partial charge in [-0.2, -0.15) is 0 Å². The van der Waals surface area contributed by atoms with Gasteiger partial charge in [-0.15, -0.1) is 32.9 Å². The van der Waals surface area contributed by atoms with Crippen LogP contribution in [0, 0.1) is 0 Å². The third kappa shape index (κ3) is 4.06. The van der Waals surface area contributed by atoms with Gasteiger partial charge in [-0.3, -0.25) is 0 Å². The zero-order valence-corrected chi connectivity index (χ0v) is 13.9. The monoisotopic (exact) mass is 342 g/mol. The lowest BCUT2D eigenvalue weighted by atomic mass is 10.5. The third-order valence-corrected chi connectivity index (χ3v) is 7.63. The van der Waals surface area contributed by atoms with E-state index in [-0.39, 0.29) is 0 Å². The minimum atomic E-state index is 0.988. The molecular formula is C12H10N2S5. The number of thiophene rings is 2. The molecule has 98 valence electrons. The van der Waals surface area contributed by atoms with E-state index in [0.717, 1.165) is 20.2 Å². The van der Waals surface area contributed by atoms with Crippen molar-refractivity contribution in [3.05, 3.63) is 44.8 Å². The van der Waals surface area contributed by atoms with Crippen molar-refractivity contribution in [3.8, 4) is 0 Å². The van der Waals surface area contributed by atoms with Crippen LogP contribution in [0.25, 0.3) is 0 Å². The lowest BCUT2D eigenvalue weighted by Gasteiger charge is -1.93. The first-order valence-electron chi connectivity index (χ1n) is 5.54. The Balaban J connectivity index is 1.51. The van der Waals surface area contributed by atoms with Gasteiger partial charge in [0.2, 0.25) is 0 Å². The fourth-order valence-corrected chi connectivity index (χ4v) is 5.94. The summed E-state index contributed by atoms with van der Waals surface area (Å²) in [5, 5.41) is 12.7. The van der Waals surface area contributed by atoms with Crippen molar-refractivity contribution in [1.29, 1.82) is 0 Å². The molecule has 0 aliphatic carbocycles. The molecule has 0 fully saturated rings. The smallest absolute Gasteiger partial charge is 0.148 e. The van der Waals surface area contributed by atoms with Gasteiger partial charge in [-0.1, -0.05) is 47.0 Å². The van der Waals surface area contributed by atoms with Gasteiger partial charge in [0.15, 0.2) is 8.68 Å². The summed E-state index contributed by atoms with van der Waals surface area (Å²) in [6.45, 7) is 0. The topological polar surface area (TPSA) is 25.8 Å². The maximum Gasteiger partial charge on any atom is 0.175 e. The summed E-state index contributed by atoms with van der Waals surface area (Å²) in [7, 11) is 0. The van der Waals surface area contributed by atoms with Gasteiger partial charge in [0.05, 0.1) is 0 Å². The van der Waals surface area contributed by atoms with Crippen LogP contribution in [-0.4, -0.2) is 10.2 Å². The zero-order chi connectivity index (χ0) is 12.9. The second-order valence-corrected chi connectivity index (χ2v) is 9.06. The molecule has 3 aromatic heterocycles. The number of nitrogens with zero attached hydrogens (tertiary/aromatic N) is 2. The number of aromatic nitrogens is 2.